The summed E-state index contributed by atoms with van der Waals surface area (Å²) in [7, 11) is 1.86. The van der Waals surface area contributed by atoms with Crippen molar-refractivity contribution in [3.8, 4) is 22.9 Å². The van der Waals surface area contributed by atoms with E-state index in [1.165, 1.54) is 0 Å². The van der Waals surface area contributed by atoms with Crippen LogP contribution in [0.4, 0.5) is 0 Å². The van der Waals surface area contributed by atoms with Crippen molar-refractivity contribution in [2.75, 3.05) is 6.54 Å². The van der Waals surface area contributed by atoms with Crippen molar-refractivity contribution in [3.63, 3.8) is 0 Å². The van der Waals surface area contributed by atoms with E-state index in [9.17, 15) is 4.79 Å². The first-order chi connectivity index (χ1) is 14.4. The first kappa shape index (κ1) is 21.9. The number of ether oxygens (including phenoxy) is 1. The molecule has 0 saturated carbocycles. The standard InChI is InChI=1S/C24H28ClN3O2/c1-5-15-28(23(29)17(2)3)16-21-22(18-9-7-6-8-10-18)26-27(4)24(21)30-20-13-11-19(25)12-14-20/h6-14,17H,5,15-16H2,1-4H3. The third-order valence-electron chi connectivity index (χ3n) is 4.81. The molecule has 158 valence electrons. The van der Waals surface area contributed by atoms with Gasteiger partial charge in [-0.3, -0.25) is 4.79 Å². The van der Waals surface area contributed by atoms with Gasteiger partial charge in [0.2, 0.25) is 11.8 Å². The summed E-state index contributed by atoms with van der Waals surface area (Å²) in [6, 6.07) is 17.2. The smallest absolute Gasteiger partial charge is 0.225 e. The molecule has 1 aromatic heterocycles. The maximum absolute atomic E-state index is 12.8. The van der Waals surface area contributed by atoms with Crippen molar-refractivity contribution in [2.45, 2.75) is 33.7 Å². The molecular formula is C24H28ClN3O2. The second-order valence-corrected chi connectivity index (χ2v) is 8.03. The third-order valence-corrected chi connectivity index (χ3v) is 5.06. The fourth-order valence-corrected chi connectivity index (χ4v) is 3.48. The first-order valence-corrected chi connectivity index (χ1v) is 10.6. The lowest BCUT2D eigenvalue weighted by atomic mass is 10.1. The molecule has 0 radical (unpaired) electrons. The lowest BCUT2D eigenvalue weighted by molar-refractivity contribution is -0.135. The third kappa shape index (κ3) is 5.03. The molecule has 0 fully saturated rings. The zero-order chi connectivity index (χ0) is 21.7. The number of aromatic nitrogens is 2. The number of halogens is 1. The number of hydrogen-bond donors (Lipinski definition) is 0. The summed E-state index contributed by atoms with van der Waals surface area (Å²) in [6.07, 6.45) is 0.882. The molecule has 3 aromatic rings. The van der Waals surface area contributed by atoms with Crippen LogP contribution < -0.4 is 4.74 Å². The van der Waals surface area contributed by atoms with Crippen LogP contribution in [0.5, 0.6) is 11.6 Å². The van der Waals surface area contributed by atoms with Crippen LogP contribution in [0.25, 0.3) is 11.3 Å². The molecule has 1 heterocycles. The number of carbonyl (C=O) groups is 1. The largest absolute Gasteiger partial charge is 0.439 e. The predicted octanol–water partition coefficient (Wildman–Crippen LogP) is 5.93. The van der Waals surface area contributed by atoms with Gasteiger partial charge >= 0.3 is 0 Å². The summed E-state index contributed by atoms with van der Waals surface area (Å²) in [5.74, 6) is 1.33. The molecule has 0 spiro atoms. The summed E-state index contributed by atoms with van der Waals surface area (Å²) in [4.78, 5) is 14.7. The van der Waals surface area contributed by atoms with Crippen molar-refractivity contribution in [3.05, 3.63) is 65.2 Å². The van der Waals surface area contributed by atoms with Gasteiger partial charge < -0.3 is 9.64 Å². The van der Waals surface area contributed by atoms with E-state index < -0.39 is 0 Å². The fraction of sp³-hybridized carbons (Fsp3) is 0.333. The predicted molar refractivity (Wildman–Crippen MR) is 121 cm³/mol. The number of aryl methyl sites for hydroxylation is 1. The van der Waals surface area contributed by atoms with Crippen molar-refractivity contribution < 1.29 is 9.53 Å². The maximum Gasteiger partial charge on any atom is 0.225 e. The van der Waals surface area contributed by atoms with E-state index in [2.05, 4.69) is 6.92 Å². The second-order valence-electron chi connectivity index (χ2n) is 7.59. The molecule has 0 unspecified atom stereocenters. The minimum Gasteiger partial charge on any atom is -0.439 e. The molecule has 0 saturated heterocycles. The first-order valence-electron chi connectivity index (χ1n) is 10.2. The number of amides is 1. The van der Waals surface area contributed by atoms with E-state index in [4.69, 9.17) is 21.4 Å². The number of rotatable bonds is 8. The van der Waals surface area contributed by atoms with E-state index in [1.807, 2.05) is 68.3 Å². The van der Waals surface area contributed by atoms with Crippen molar-refractivity contribution in [1.29, 1.82) is 0 Å². The lowest BCUT2D eigenvalue weighted by Crippen LogP contribution is -2.34. The van der Waals surface area contributed by atoms with Crippen LogP contribution in [0.3, 0.4) is 0 Å². The monoisotopic (exact) mass is 425 g/mol. The minimum absolute atomic E-state index is 0.0750. The Morgan fingerprint density at radius 1 is 1.13 bits per heavy atom. The highest BCUT2D eigenvalue weighted by atomic mass is 35.5. The molecular weight excluding hydrogens is 398 g/mol. The number of carbonyl (C=O) groups excluding carboxylic acids is 1. The highest BCUT2D eigenvalue weighted by molar-refractivity contribution is 6.30. The average Bonchev–Trinajstić information content (AvgIpc) is 3.04. The van der Waals surface area contributed by atoms with Crippen LogP contribution in [0.15, 0.2) is 54.6 Å². The Morgan fingerprint density at radius 3 is 2.40 bits per heavy atom. The van der Waals surface area contributed by atoms with E-state index in [0.29, 0.717) is 29.7 Å². The quantitative estimate of drug-likeness (QED) is 0.449. The summed E-state index contributed by atoms with van der Waals surface area (Å²) in [6.45, 7) is 7.05. The van der Waals surface area contributed by atoms with Gasteiger partial charge in [0.25, 0.3) is 0 Å². The second kappa shape index (κ2) is 9.81. The highest BCUT2D eigenvalue weighted by Gasteiger charge is 2.25. The Morgan fingerprint density at radius 2 is 1.80 bits per heavy atom. The Labute approximate surface area is 183 Å². The van der Waals surface area contributed by atoms with E-state index >= 15 is 0 Å². The zero-order valence-corrected chi connectivity index (χ0v) is 18.7. The van der Waals surface area contributed by atoms with Gasteiger partial charge in [0.05, 0.1) is 12.1 Å². The van der Waals surface area contributed by atoms with Crippen LogP contribution in [0.2, 0.25) is 5.02 Å². The molecule has 1 amide bonds. The van der Waals surface area contributed by atoms with Gasteiger partial charge in [0.1, 0.15) is 11.4 Å². The van der Waals surface area contributed by atoms with Crippen LogP contribution in [0.1, 0.15) is 32.8 Å². The highest BCUT2D eigenvalue weighted by Crippen LogP contribution is 2.34. The van der Waals surface area contributed by atoms with Crippen LogP contribution in [0, 0.1) is 5.92 Å². The Bertz CT molecular complexity index is 982. The summed E-state index contributed by atoms with van der Waals surface area (Å²) < 4.78 is 7.95. The number of nitrogens with zero attached hydrogens (tertiary/aromatic N) is 3. The summed E-state index contributed by atoms with van der Waals surface area (Å²) in [5.41, 5.74) is 2.70. The number of benzene rings is 2. The molecule has 30 heavy (non-hydrogen) atoms. The van der Waals surface area contributed by atoms with E-state index in [0.717, 1.165) is 23.2 Å². The van der Waals surface area contributed by atoms with Gasteiger partial charge in [-0.05, 0) is 30.7 Å². The van der Waals surface area contributed by atoms with Crippen molar-refractivity contribution >= 4 is 17.5 Å². The fourth-order valence-electron chi connectivity index (χ4n) is 3.36. The molecule has 0 N–H and O–H groups in total. The van der Waals surface area contributed by atoms with Crippen molar-refractivity contribution in [2.24, 2.45) is 13.0 Å². The van der Waals surface area contributed by atoms with Gasteiger partial charge in [0, 0.05) is 30.1 Å². The van der Waals surface area contributed by atoms with Gasteiger partial charge in [-0.2, -0.15) is 5.10 Å². The molecule has 0 aliphatic heterocycles. The molecule has 0 atom stereocenters. The Balaban J connectivity index is 2.06. The topological polar surface area (TPSA) is 47.4 Å². The molecule has 0 aliphatic rings. The maximum atomic E-state index is 12.8. The summed E-state index contributed by atoms with van der Waals surface area (Å²) in [5, 5.41) is 5.39. The summed E-state index contributed by atoms with van der Waals surface area (Å²) >= 11 is 6.01. The molecule has 0 bridgehead atoms. The van der Waals surface area contributed by atoms with Crippen LogP contribution in [-0.4, -0.2) is 27.1 Å². The van der Waals surface area contributed by atoms with Gasteiger partial charge in [-0.25, -0.2) is 4.68 Å². The average molecular weight is 426 g/mol. The SMILES string of the molecule is CCCN(Cc1c(-c2ccccc2)nn(C)c1Oc1ccc(Cl)cc1)C(=O)C(C)C. The van der Waals surface area contributed by atoms with E-state index in [-0.39, 0.29) is 11.8 Å². The normalized spacial score (nSPS) is 11.0. The molecule has 2 aromatic carbocycles. The van der Waals surface area contributed by atoms with Gasteiger partial charge in [-0.15, -0.1) is 0 Å². The Hall–Kier alpha value is -2.79. The minimum atomic E-state index is -0.0750. The zero-order valence-electron chi connectivity index (χ0n) is 17.9. The molecule has 5 nitrogen and oxygen atoms in total. The molecule has 3 rings (SSSR count). The molecule has 6 heteroatoms. The van der Waals surface area contributed by atoms with Crippen LogP contribution >= 0.6 is 11.6 Å². The lowest BCUT2D eigenvalue weighted by Gasteiger charge is -2.24. The number of hydrogen-bond acceptors (Lipinski definition) is 3. The van der Waals surface area contributed by atoms with Gasteiger partial charge in [0.15, 0.2) is 0 Å². The molecule has 0 aliphatic carbocycles. The van der Waals surface area contributed by atoms with Crippen molar-refractivity contribution in [1.82, 2.24) is 14.7 Å². The van der Waals surface area contributed by atoms with E-state index in [1.54, 1.807) is 16.8 Å². The van der Waals surface area contributed by atoms with Crippen LogP contribution in [-0.2, 0) is 18.4 Å². The Kier molecular flexibility index (Phi) is 7.16. The van der Waals surface area contributed by atoms with Gasteiger partial charge in [-0.1, -0.05) is 62.7 Å².